The molecular weight excluding hydrogens is 280 g/mol. The fourth-order valence-electron chi connectivity index (χ4n) is 2.98. The molecule has 3 heterocycles. The molecule has 0 spiro atoms. The van der Waals surface area contributed by atoms with Crippen molar-refractivity contribution in [1.29, 1.82) is 0 Å². The number of aromatic nitrogens is 5. The predicted octanol–water partition coefficient (Wildman–Crippen LogP) is 2.06. The quantitative estimate of drug-likeness (QED) is 0.779. The van der Waals surface area contributed by atoms with Crippen LogP contribution in [0.3, 0.4) is 0 Å². The first kappa shape index (κ1) is 15.1. The summed E-state index contributed by atoms with van der Waals surface area (Å²) in [7, 11) is 0. The number of likely N-dealkylation sites (tertiary alicyclic amines) is 1. The van der Waals surface area contributed by atoms with Crippen molar-refractivity contribution < 1.29 is 4.52 Å². The number of piperidine rings is 1. The van der Waals surface area contributed by atoms with Gasteiger partial charge in [-0.05, 0) is 25.8 Å². The summed E-state index contributed by atoms with van der Waals surface area (Å²) in [6.45, 7) is 4.88. The number of hydrogen-bond donors (Lipinski definition) is 0. The van der Waals surface area contributed by atoms with Gasteiger partial charge in [0.15, 0.2) is 5.82 Å². The molecular formula is C15H24N6O. The smallest absolute Gasteiger partial charge is 0.226 e. The Bertz CT molecular complexity index is 552. The van der Waals surface area contributed by atoms with E-state index in [-0.39, 0.29) is 0 Å². The summed E-state index contributed by atoms with van der Waals surface area (Å²) >= 11 is 0. The first-order chi connectivity index (χ1) is 10.8. The van der Waals surface area contributed by atoms with E-state index < -0.39 is 0 Å². The largest absolute Gasteiger partial charge is 0.339 e. The highest BCUT2D eigenvalue weighted by molar-refractivity contribution is 4.89. The van der Waals surface area contributed by atoms with Gasteiger partial charge in [-0.3, -0.25) is 9.58 Å². The molecule has 7 nitrogen and oxygen atoms in total. The lowest BCUT2D eigenvalue weighted by Gasteiger charge is -2.34. The average Bonchev–Trinajstić information content (AvgIpc) is 3.19. The fraction of sp³-hybridized carbons (Fsp3) is 0.733. The minimum Gasteiger partial charge on any atom is -0.339 e. The maximum absolute atomic E-state index is 5.33. The van der Waals surface area contributed by atoms with Crippen LogP contribution >= 0.6 is 0 Å². The van der Waals surface area contributed by atoms with Crippen LogP contribution in [-0.4, -0.2) is 42.4 Å². The first-order valence-electron chi connectivity index (χ1n) is 8.23. The normalized spacial score (nSPS) is 19.6. The minimum atomic E-state index is 0.466. The highest BCUT2D eigenvalue weighted by Gasteiger charge is 2.24. The van der Waals surface area contributed by atoms with Crippen molar-refractivity contribution >= 4 is 0 Å². The summed E-state index contributed by atoms with van der Waals surface area (Å²) in [6, 6.07) is 0.466. The SMILES string of the molecule is CCCCc1nc(CN2CCCC[C@H]2Cn2cncn2)no1. The van der Waals surface area contributed by atoms with Crippen molar-refractivity contribution in [3.8, 4) is 0 Å². The summed E-state index contributed by atoms with van der Waals surface area (Å²) in [5.74, 6) is 1.57. The molecule has 22 heavy (non-hydrogen) atoms. The van der Waals surface area contributed by atoms with E-state index in [9.17, 15) is 0 Å². The van der Waals surface area contributed by atoms with Gasteiger partial charge >= 0.3 is 0 Å². The van der Waals surface area contributed by atoms with E-state index in [0.717, 1.165) is 50.6 Å². The molecule has 2 aromatic heterocycles. The molecule has 2 aromatic rings. The second-order valence-corrected chi connectivity index (χ2v) is 5.95. The van der Waals surface area contributed by atoms with Gasteiger partial charge in [-0.25, -0.2) is 4.98 Å². The van der Waals surface area contributed by atoms with Crippen LogP contribution in [0.1, 0.15) is 50.7 Å². The molecule has 120 valence electrons. The second-order valence-electron chi connectivity index (χ2n) is 5.95. The number of aryl methyl sites for hydroxylation is 1. The molecule has 0 aliphatic carbocycles. The molecule has 1 aliphatic heterocycles. The van der Waals surface area contributed by atoms with Gasteiger partial charge in [0.1, 0.15) is 12.7 Å². The van der Waals surface area contributed by atoms with Gasteiger partial charge in [-0.15, -0.1) is 0 Å². The van der Waals surface area contributed by atoms with Gasteiger partial charge in [-0.1, -0.05) is 24.9 Å². The van der Waals surface area contributed by atoms with E-state index in [1.165, 1.54) is 19.3 Å². The van der Waals surface area contributed by atoms with Crippen molar-refractivity contribution in [2.24, 2.45) is 0 Å². The third-order valence-electron chi connectivity index (χ3n) is 4.21. The zero-order valence-electron chi connectivity index (χ0n) is 13.2. The number of rotatable bonds is 7. The van der Waals surface area contributed by atoms with Gasteiger partial charge in [0.05, 0.1) is 13.1 Å². The van der Waals surface area contributed by atoms with Crippen LogP contribution < -0.4 is 0 Å². The standard InChI is InChI=1S/C15H24N6O/c1-2-3-7-15-18-14(19-22-15)10-20-8-5-4-6-13(20)9-21-12-16-11-17-21/h11-13H,2-10H2,1H3/t13-/m0/s1. The van der Waals surface area contributed by atoms with E-state index in [2.05, 4.69) is 32.0 Å². The lowest BCUT2D eigenvalue weighted by molar-refractivity contribution is 0.117. The molecule has 3 rings (SSSR count). The van der Waals surface area contributed by atoms with E-state index in [4.69, 9.17) is 4.52 Å². The average molecular weight is 304 g/mol. The number of hydrogen-bond acceptors (Lipinski definition) is 6. The van der Waals surface area contributed by atoms with Crippen LogP contribution in [-0.2, 0) is 19.5 Å². The molecule has 0 radical (unpaired) electrons. The van der Waals surface area contributed by atoms with Crippen LogP contribution in [0.2, 0.25) is 0 Å². The molecule has 1 atom stereocenters. The Morgan fingerprint density at radius 1 is 1.36 bits per heavy atom. The highest BCUT2D eigenvalue weighted by atomic mass is 16.5. The molecule has 1 fully saturated rings. The van der Waals surface area contributed by atoms with E-state index >= 15 is 0 Å². The van der Waals surface area contributed by atoms with Gasteiger partial charge in [-0.2, -0.15) is 10.1 Å². The third-order valence-corrected chi connectivity index (χ3v) is 4.21. The molecule has 7 heteroatoms. The van der Waals surface area contributed by atoms with Crippen molar-refractivity contribution in [2.45, 2.75) is 64.6 Å². The zero-order valence-corrected chi connectivity index (χ0v) is 13.2. The second kappa shape index (κ2) is 7.49. The van der Waals surface area contributed by atoms with E-state index in [1.54, 1.807) is 12.7 Å². The maximum Gasteiger partial charge on any atom is 0.226 e. The third kappa shape index (κ3) is 3.91. The topological polar surface area (TPSA) is 72.9 Å². The van der Waals surface area contributed by atoms with Gasteiger partial charge in [0.2, 0.25) is 5.89 Å². The Morgan fingerprint density at radius 3 is 3.14 bits per heavy atom. The minimum absolute atomic E-state index is 0.466. The van der Waals surface area contributed by atoms with E-state index in [1.807, 2.05) is 4.68 Å². The van der Waals surface area contributed by atoms with Crippen molar-refractivity contribution in [1.82, 2.24) is 29.8 Å². The Kier molecular flexibility index (Phi) is 5.15. The van der Waals surface area contributed by atoms with Crippen LogP contribution in [0.4, 0.5) is 0 Å². The summed E-state index contributed by atoms with van der Waals surface area (Å²) < 4.78 is 7.24. The molecule has 0 unspecified atom stereocenters. The molecule has 1 saturated heterocycles. The highest BCUT2D eigenvalue weighted by Crippen LogP contribution is 2.20. The summed E-state index contributed by atoms with van der Waals surface area (Å²) in [5, 5.41) is 8.35. The summed E-state index contributed by atoms with van der Waals surface area (Å²) in [4.78, 5) is 11.0. The Labute approximate surface area is 130 Å². The summed E-state index contributed by atoms with van der Waals surface area (Å²) in [6.07, 6.45) is 10.2. The van der Waals surface area contributed by atoms with Crippen molar-refractivity contribution in [3.05, 3.63) is 24.4 Å². The number of nitrogens with zero attached hydrogens (tertiary/aromatic N) is 6. The van der Waals surface area contributed by atoms with Crippen molar-refractivity contribution in [3.63, 3.8) is 0 Å². The fourth-order valence-corrected chi connectivity index (χ4v) is 2.98. The summed E-state index contributed by atoms with van der Waals surface area (Å²) in [5.41, 5.74) is 0. The molecule has 0 amide bonds. The van der Waals surface area contributed by atoms with Crippen LogP contribution in [0, 0.1) is 0 Å². The lowest BCUT2D eigenvalue weighted by Crippen LogP contribution is -2.41. The van der Waals surface area contributed by atoms with Gasteiger partial charge < -0.3 is 4.52 Å². The van der Waals surface area contributed by atoms with Crippen molar-refractivity contribution in [2.75, 3.05) is 6.54 Å². The molecule has 0 N–H and O–H groups in total. The van der Waals surface area contributed by atoms with E-state index in [0.29, 0.717) is 6.04 Å². The Balaban J connectivity index is 1.59. The molecule has 0 aromatic carbocycles. The predicted molar refractivity (Wildman–Crippen MR) is 81.0 cm³/mol. The first-order valence-corrected chi connectivity index (χ1v) is 8.23. The van der Waals surface area contributed by atoms with Crippen LogP contribution in [0.15, 0.2) is 17.2 Å². The zero-order chi connectivity index (χ0) is 15.2. The van der Waals surface area contributed by atoms with Crippen LogP contribution in [0.5, 0.6) is 0 Å². The lowest BCUT2D eigenvalue weighted by atomic mass is 10.0. The Hall–Kier alpha value is -1.76. The van der Waals surface area contributed by atoms with Gasteiger partial charge in [0, 0.05) is 12.5 Å². The molecule has 1 aliphatic rings. The molecule has 0 saturated carbocycles. The number of unbranched alkanes of at least 4 members (excludes halogenated alkanes) is 1. The van der Waals surface area contributed by atoms with Gasteiger partial charge in [0.25, 0.3) is 0 Å². The Morgan fingerprint density at radius 2 is 2.32 bits per heavy atom. The maximum atomic E-state index is 5.33. The van der Waals surface area contributed by atoms with Crippen LogP contribution in [0.25, 0.3) is 0 Å². The molecule has 0 bridgehead atoms. The monoisotopic (exact) mass is 304 g/mol.